The van der Waals surface area contributed by atoms with E-state index in [1.165, 1.54) is 25.1 Å². The van der Waals surface area contributed by atoms with Crippen LogP contribution in [-0.4, -0.2) is 60.5 Å². The number of ketones is 1. The van der Waals surface area contributed by atoms with E-state index in [9.17, 15) is 24.2 Å². The monoisotopic (exact) mass is 473 g/mol. The van der Waals surface area contributed by atoms with Crippen molar-refractivity contribution in [3.05, 3.63) is 47.3 Å². The zero-order chi connectivity index (χ0) is 24.7. The number of phenols is 1. The molecule has 0 spiro atoms. The maximum Gasteiger partial charge on any atom is 0.304 e. The summed E-state index contributed by atoms with van der Waals surface area (Å²) in [5.74, 6) is -2.04. The van der Waals surface area contributed by atoms with Crippen molar-refractivity contribution in [2.24, 2.45) is 5.41 Å². The molecule has 0 amide bonds. The molecule has 8 nitrogen and oxygen atoms in total. The molecule has 2 aliphatic heterocycles. The first-order valence-electron chi connectivity index (χ1n) is 11.1. The zero-order valence-corrected chi connectivity index (χ0v) is 19.4. The molecular weight excluding hydrogens is 445 g/mol. The number of hydrogen-bond donors (Lipinski definition) is 2. The summed E-state index contributed by atoms with van der Waals surface area (Å²) < 4.78 is 31.6. The van der Waals surface area contributed by atoms with Gasteiger partial charge in [-0.2, -0.15) is 0 Å². The van der Waals surface area contributed by atoms with Crippen LogP contribution < -0.4 is 14.4 Å². The van der Waals surface area contributed by atoms with Crippen LogP contribution in [0, 0.1) is 18.2 Å². The SMILES string of the molecule is Cc1c(F)cccc1OCC1(C)Oc2cc(N3CCOCC3)cc(O)c2C(=O)C1(C)CC(=O)O. The normalized spacial score (nSPS) is 24.4. The fourth-order valence-electron chi connectivity index (χ4n) is 4.49. The molecule has 2 N–H and O–H groups in total. The first-order chi connectivity index (χ1) is 16.1. The first kappa shape index (κ1) is 23.8. The third-order valence-corrected chi connectivity index (χ3v) is 6.90. The van der Waals surface area contributed by atoms with Crippen molar-refractivity contribution in [2.75, 3.05) is 37.8 Å². The Labute approximate surface area is 196 Å². The van der Waals surface area contributed by atoms with E-state index >= 15 is 0 Å². The van der Waals surface area contributed by atoms with Gasteiger partial charge in [0.15, 0.2) is 11.4 Å². The molecule has 1 saturated heterocycles. The predicted molar refractivity (Wildman–Crippen MR) is 121 cm³/mol. The summed E-state index contributed by atoms with van der Waals surface area (Å²) in [5.41, 5.74) is -2.09. The Hall–Kier alpha value is -3.33. The summed E-state index contributed by atoms with van der Waals surface area (Å²) in [6.07, 6.45) is -0.544. The molecule has 0 aliphatic carbocycles. The van der Waals surface area contributed by atoms with Gasteiger partial charge in [0, 0.05) is 36.5 Å². The second-order valence-electron chi connectivity index (χ2n) is 9.15. The number of carboxylic acid groups (broad SMARTS) is 1. The van der Waals surface area contributed by atoms with E-state index in [4.69, 9.17) is 14.2 Å². The number of fused-ring (bicyclic) bond motifs is 1. The largest absolute Gasteiger partial charge is 0.507 e. The molecule has 2 heterocycles. The fraction of sp³-hybridized carbons (Fsp3) is 0.440. The molecule has 2 aromatic rings. The smallest absolute Gasteiger partial charge is 0.304 e. The fourth-order valence-corrected chi connectivity index (χ4v) is 4.49. The summed E-state index contributed by atoms with van der Waals surface area (Å²) in [4.78, 5) is 27.4. The lowest BCUT2D eigenvalue weighted by Gasteiger charge is -2.48. The number of benzene rings is 2. The van der Waals surface area contributed by atoms with Crippen LogP contribution in [0.4, 0.5) is 10.1 Å². The van der Waals surface area contributed by atoms with Gasteiger partial charge in [0.25, 0.3) is 0 Å². The molecular formula is C25H28FNO7. The minimum atomic E-state index is -1.56. The van der Waals surface area contributed by atoms with Crippen molar-refractivity contribution in [1.29, 1.82) is 0 Å². The molecule has 2 atom stereocenters. The molecule has 0 aromatic heterocycles. The summed E-state index contributed by atoms with van der Waals surface area (Å²) in [6.45, 7) is 6.74. The van der Waals surface area contributed by atoms with Crippen LogP contribution in [0.1, 0.15) is 36.2 Å². The van der Waals surface area contributed by atoms with Gasteiger partial charge in [0.1, 0.15) is 35.2 Å². The number of carboxylic acids is 1. The maximum absolute atomic E-state index is 14.0. The number of hydrogen-bond acceptors (Lipinski definition) is 7. The van der Waals surface area contributed by atoms with Gasteiger partial charge >= 0.3 is 5.97 Å². The van der Waals surface area contributed by atoms with Crippen molar-refractivity contribution in [3.63, 3.8) is 0 Å². The highest BCUT2D eigenvalue weighted by Gasteiger charge is 2.58. The van der Waals surface area contributed by atoms with Gasteiger partial charge in [-0.25, -0.2) is 4.39 Å². The number of halogens is 1. The van der Waals surface area contributed by atoms with Gasteiger partial charge in [-0.3, -0.25) is 9.59 Å². The topological polar surface area (TPSA) is 106 Å². The third kappa shape index (κ3) is 4.04. The number of aliphatic carboxylic acids is 1. The number of rotatable bonds is 6. The lowest BCUT2D eigenvalue weighted by atomic mass is 9.65. The van der Waals surface area contributed by atoms with Crippen LogP contribution in [0.3, 0.4) is 0 Å². The molecule has 34 heavy (non-hydrogen) atoms. The maximum atomic E-state index is 14.0. The van der Waals surface area contributed by atoms with Gasteiger partial charge in [-0.05, 0) is 32.9 Å². The van der Waals surface area contributed by atoms with Crippen LogP contribution in [0.25, 0.3) is 0 Å². The van der Waals surface area contributed by atoms with Crippen LogP contribution in [-0.2, 0) is 9.53 Å². The lowest BCUT2D eigenvalue weighted by molar-refractivity contribution is -0.144. The quantitative estimate of drug-likeness (QED) is 0.656. The highest BCUT2D eigenvalue weighted by atomic mass is 19.1. The number of morpholine rings is 1. The minimum Gasteiger partial charge on any atom is -0.507 e. The van der Waals surface area contributed by atoms with Gasteiger partial charge in [-0.15, -0.1) is 0 Å². The Bertz CT molecular complexity index is 1130. The zero-order valence-electron chi connectivity index (χ0n) is 19.4. The number of carbonyl (C=O) groups is 2. The van der Waals surface area contributed by atoms with Crippen molar-refractivity contribution in [2.45, 2.75) is 32.8 Å². The number of carbonyl (C=O) groups excluding carboxylic acids is 1. The number of ether oxygens (including phenoxy) is 3. The predicted octanol–water partition coefficient (Wildman–Crippen LogP) is 3.57. The first-order valence-corrected chi connectivity index (χ1v) is 11.1. The van der Waals surface area contributed by atoms with E-state index in [1.54, 1.807) is 26.0 Å². The number of aromatic hydroxyl groups is 1. The van der Waals surface area contributed by atoms with Gasteiger partial charge < -0.3 is 29.3 Å². The van der Waals surface area contributed by atoms with E-state index in [-0.39, 0.29) is 29.4 Å². The summed E-state index contributed by atoms with van der Waals surface area (Å²) >= 11 is 0. The Morgan fingerprint density at radius 1 is 1.24 bits per heavy atom. The van der Waals surface area contributed by atoms with Crippen LogP contribution >= 0.6 is 0 Å². The summed E-state index contributed by atoms with van der Waals surface area (Å²) in [7, 11) is 0. The van der Waals surface area contributed by atoms with E-state index < -0.39 is 35.0 Å². The number of Topliss-reactive ketones (excluding diaryl/α,β-unsaturated/α-hetero) is 1. The van der Waals surface area contributed by atoms with E-state index in [0.717, 1.165) is 0 Å². The van der Waals surface area contributed by atoms with Crippen LogP contribution in [0.15, 0.2) is 30.3 Å². The Balaban J connectivity index is 1.75. The van der Waals surface area contributed by atoms with Gasteiger partial charge in [-0.1, -0.05) is 6.07 Å². The van der Waals surface area contributed by atoms with Crippen LogP contribution in [0.5, 0.6) is 17.2 Å². The molecule has 182 valence electrons. The average Bonchev–Trinajstić information content (AvgIpc) is 2.78. The summed E-state index contributed by atoms with van der Waals surface area (Å²) in [6, 6.07) is 7.57. The van der Waals surface area contributed by atoms with E-state index in [0.29, 0.717) is 37.6 Å². The van der Waals surface area contributed by atoms with E-state index in [2.05, 4.69) is 0 Å². The van der Waals surface area contributed by atoms with Gasteiger partial charge in [0.05, 0.1) is 25.0 Å². The molecule has 2 aliphatic rings. The molecule has 9 heteroatoms. The highest BCUT2D eigenvalue weighted by Crippen LogP contribution is 2.51. The highest BCUT2D eigenvalue weighted by molar-refractivity contribution is 6.08. The van der Waals surface area contributed by atoms with E-state index in [1.807, 2.05) is 4.90 Å². The second-order valence-corrected chi connectivity index (χ2v) is 9.15. The molecule has 2 aromatic carbocycles. The lowest BCUT2D eigenvalue weighted by Crippen LogP contribution is -2.60. The molecule has 0 radical (unpaired) electrons. The Morgan fingerprint density at radius 2 is 1.94 bits per heavy atom. The number of phenolic OH excluding ortho intramolecular Hbond substituents is 1. The molecule has 2 unspecified atom stereocenters. The van der Waals surface area contributed by atoms with Crippen molar-refractivity contribution < 1.29 is 38.4 Å². The van der Waals surface area contributed by atoms with Crippen molar-refractivity contribution in [3.8, 4) is 17.2 Å². The summed E-state index contributed by atoms with van der Waals surface area (Å²) in [5, 5.41) is 20.4. The molecule has 0 saturated carbocycles. The van der Waals surface area contributed by atoms with Gasteiger partial charge in [0.2, 0.25) is 0 Å². The second kappa shape index (κ2) is 8.79. The average molecular weight is 473 g/mol. The number of nitrogens with zero attached hydrogens (tertiary/aromatic N) is 1. The third-order valence-electron chi connectivity index (χ3n) is 6.90. The number of anilines is 1. The van der Waals surface area contributed by atoms with Crippen molar-refractivity contribution >= 4 is 17.4 Å². The molecule has 1 fully saturated rings. The molecule has 0 bridgehead atoms. The van der Waals surface area contributed by atoms with Crippen LogP contribution in [0.2, 0.25) is 0 Å². The Kier molecular flexibility index (Phi) is 6.16. The minimum absolute atomic E-state index is 0.0554. The Morgan fingerprint density at radius 3 is 2.62 bits per heavy atom. The van der Waals surface area contributed by atoms with Crippen molar-refractivity contribution in [1.82, 2.24) is 0 Å². The standard InChI is InChI=1S/C25H28FNO7/c1-15-17(26)5-4-6-19(15)33-14-25(3)24(2,13-21(29)30)23(31)22-18(28)11-16(12-20(22)34-25)27-7-9-32-10-8-27/h4-6,11-12,28H,7-10,13-14H2,1-3H3,(H,29,30). The molecule has 4 rings (SSSR count).